The fraction of sp³-hybridized carbons (Fsp3) is 0.583. The van der Waals surface area contributed by atoms with E-state index < -0.39 is 4.92 Å². The standard InChI is InChI=1S/C12H17N3O3/c1-8-5-11(15(16)17)6-13-12(8)14-9(2)10-3-4-18-7-10/h5-6,9-10H,3-4,7H2,1-2H3,(H,13,14). The molecule has 1 N–H and O–H groups in total. The van der Waals surface area contributed by atoms with E-state index in [1.165, 1.54) is 12.3 Å². The van der Waals surface area contributed by atoms with Crippen LogP contribution in [0.25, 0.3) is 0 Å². The second-order valence-corrected chi connectivity index (χ2v) is 4.67. The van der Waals surface area contributed by atoms with Crippen molar-refractivity contribution >= 4 is 11.5 Å². The minimum atomic E-state index is -0.433. The number of ether oxygens (including phenoxy) is 1. The minimum Gasteiger partial charge on any atom is -0.381 e. The van der Waals surface area contributed by atoms with E-state index in [-0.39, 0.29) is 11.7 Å². The number of nitrogens with one attached hydrogen (secondary N) is 1. The number of pyridine rings is 1. The number of hydrogen-bond donors (Lipinski definition) is 1. The van der Waals surface area contributed by atoms with Gasteiger partial charge in [-0.25, -0.2) is 4.98 Å². The van der Waals surface area contributed by atoms with Gasteiger partial charge in [0.05, 0.1) is 11.5 Å². The van der Waals surface area contributed by atoms with Crippen LogP contribution >= 0.6 is 0 Å². The van der Waals surface area contributed by atoms with E-state index in [2.05, 4.69) is 17.2 Å². The first-order valence-corrected chi connectivity index (χ1v) is 6.03. The van der Waals surface area contributed by atoms with Gasteiger partial charge in [-0.2, -0.15) is 0 Å². The first-order valence-electron chi connectivity index (χ1n) is 6.03. The van der Waals surface area contributed by atoms with Crippen molar-refractivity contribution in [2.24, 2.45) is 5.92 Å². The minimum absolute atomic E-state index is 0.0231. The van der Waals surface area contributed by atoms with Gasteiger partial charge in [-0.3, -0.25) is 10.1 Å². The van der Waals surface area contributed by atoms with E-state index in [1.807, 2.05) is 6.92 Å². The van der Waals surface area contributed by atoms with E-state index >= 15 is 0 Å². The number of aromatic nitrogens is 1. The monoisotopic (exact) mass is 251 g/mol. The van der Waals surface area contributed by atoms with Crippen molar-refractivity contribution in [3.05, 3.63) is 27.9 Å². The number of nitrogens with zero attached hydrogens (tertiary/aromatic N) is 2. The molecule has 0 aliphatic carbocycles. The predicted octanol–water partition coefficient (Wildman–Crippen LogP) is 2.14. The lowest BCUT2D eigenvalue weighted by atomic mass is 10.0. The van der Waals surface area contributed by atoms with Crippen LogP contribution < -0.4 is 5.32 Å². The Hall–Kier alpha value is -1.69. The highest BCUT2D eigenvalue weighted by molar-refractivity contribution is 5.48. The highest BCUT2D eigenvalue weighted by Crippen LogP contribution is 2.23. The lowest BCUT2D eigenvalue weighted by molar-refractivity contribution is -0.385. The highest BCUT2D eigenvalue weighted by Gasteiger charge is 2.23. The summed E-state index contributed by atoms with van der Waals surface area (Å²) in [6.07, 6.45) is 2.33. The van der Waals surface area contributed by atoms with E-state index in [0.717, 1.165) is 25.2 Å². The van der Waals surface area contributed by atoms with Gasteiger partial charge in [0.25, 0.3) is 5.69 Å². The van der Waals surface area contributed by atoms with Gasteiger partial charge >= 0.3 is 0 Å². The Kier molecular flexibility index (Phi) is 3.76. The number of nitro groups is 1. The second-order valence-electron chi connectivity index (χ2n) is 4.67. The summed E-state index contributed by atoms with van der Waals surface area (Å²) in [4.78, 5) is 14.3. The molecule has 0 amide bonds. The van der Waals surface area contributed by atoms with Crippen LogP contribution in [0, 0.1) is 23.0 Å². The Morgan fingerprint density at radius 2 is 2.44 bits per heavy atom. The smallest absolute Gasteiger partial charge is 0.287 e. The van der Waals surface area contributed by atoms with E-state index in [4.69, 9.17) is 4.74 Å². The van der Waals surface area contributed by atoms with Crippen LogP contribution in [-0.2, 0) is 4.74 Å². The molecule has 2 atom stereocenters. The molecule has 2 unspecified atom stereocenters. The van der Waals surface area contributed by atoms with Gasteiger partial charge in [0.2, 0.25) is 0 Å². The normalized spacial score (nSPS) is 20.7. The summed E-state index contributed by atoms with van der Waals surface area (Å²) in [5.74, 6) is 1.18. The van der Waals surface area contributed by atoms with Gasteiger partial charge in [0.15, 0.2) is 0 Å². The van der Waals surface area contributed by atoms with E-state index in [9.17, 15) is 10.1 Å². The van der Waals surface area contributed by atoms with Crippen LogP contribution in [0.3, 0.4) is 0 Å². The molecule has 0 saturated carbocycles. The van der Waals surface area contributed by atoms with Gasteiger partial charge in [-0.15, -0.1) is 0 Å². The van der Waals surface area contributed by atoms with Crippen molar-refractivity contribution in [2.75, 3.05) is 18.5 Å². The number of rotatable bonds is 4. The Morgan fingerprint density at radius 1 is 1.67 bits per heavy atom. The first kappa shape index (κ1) is 12.8. The SMILES string of the molecule is Cc1cc([N+](=O)[O-])cnc1NC(C)C1CCOC1. The Balaban J connectivity index is 2.06. The number of hydrogen-bond acceptors (Lipinski definition) is 5. The molecule has 0 spiro atoms. The summed E-state index contributed by atoms with van der Waals surface area (Å²) in [6, 6.07) is 1.79. The molecule has 1 aliphatic heterocycles. The van der Waals surface area contributed by atoms with Crippen molar-refractivity contribution in [3.8, 4) is 0 Å². The zero-order chi connectivity index (χ0) is 13.1. The van der Waals surface area contributed by atoms with E-state index in [1.54, 1.807) is 0 Å². The lowest BCUT2D eigenvalue weighted by Gasteiger charge is -2.20. The molecule has 0 aromatic carbocycles. The largest absolute Gasteiger partial charge is 0.381 e. The molecule has 6 heteroatoms. The summed E-state index contributed by atoms with van der Waals surface area (Å²) in [5.41, 5.74) is 0.810. The van der Waals surface area contributed by atoms with Crippen molar-refractivity contribution < 1.29 is 9.66 Å². The molecule has 0 bridgehead atoms. The average molecular weight is 251 g/mol. The van der Waals surface area contributed by atoms with Crippen LogP contribution in [0.5, 0.6) is 0 Å². The van der Waals surface area contributed by atoms with E-state index in [0.29, 0.717) is 11.7 Å². The molecule has 2 rings (SSSR count). The third-order valence-corrected chi connectivity index (χ3v) is 3.31. The fourth-order valence-corrected chi connectivity index (χ4v) is 2.09. The summed E-state index contributed by atoms with van der Waals surface area (Å²) in [6.45, 7) is 5.48. The average Bonchev–Trinajstić information content (AvgIpc) is 2.85. The van der Waals surface area contributed by atoms with Crippen LogP contribution in [0.4, 0.5) is 11.5 Å². The molecule has 2 heterocycles. The molecule has 1 saturated heterocycles. The lowest BCUT2D eigenvalue weighted by Crippen LogP contribution is -2.27. The maximum Gasteiger partial charge on any atom is 0.287 e. The Bertz CT molecular complexity index is 444. The van der Waals surface area contributed by atoms with Crippen LogP contribution in [0.15, 0.2) is 12.3 Å². The predicted molar refractivity (Wildman–Crippen MR) is 67.6 cm³/mol. The van der Waals surface area contributed by atoms with Crippen LogP contribution in [-0.4, -0.2) is 29.2 Å². The Morgan fingerprint density at radius 3 is 3.00 bits per heavy atom. The molecule has 1 fully saturated rings. The van der Waals surface area contributed by atoms with Crippen molar-refractivity contribution in [3.63, 3.8) is 0 Å². The summed E-state index contributed by atoms with van der Waals surface area (Å²) < 4.78 is 5.35. The summed E-state index contributed by atoms with van der Waals surface area (Å²) >= 11 is 0. The maximum atomic E-state index is 10.6. The van der Waals surface area contributed by atoms with Gasteiger partial charge in [-0.1, -0.05) is 0 Å². The number of aryl methyl sites for hydroxylation is 1. The second kappa shape index (κ2) is 5.30. The fourth-order valence-electron chi connectivity index (χ4n) is 2.09. The molecule has 6 nitrogen and oxygen atoms in total. The van der Waals surface area contributed by atoms with Crippen molar-refractivity contribution in [1.82, 2.24) is 4.98 Å². The van der Waals surface area contributed by atoms with Crippen molar-refractivity contribution in [2.45, 2.75) is 26.3 Å². The molecular weight excluding hydrogens is 234 g/mol. The zero-order valence-corrected chi connectivity index (χ0v) is 10.5. The zero-order valence-electron chi connectivity index (χ0n) is 10.5. The quantitative estimate of drug-likeness (QED) is 0.655. The third-order valence-electron chi connectivity index (χ3n) is 3.31. The molecule has 98 valence electrons. The third kappa shape index (κ3) is 2.76. The first-order chi connectivity index (χ1) is 8.58. The summed E-state index contributed by atoms with van der Waals surface area (Å²) in [7, 11) is 0. The van der Waals surface area contributed by atoms with Gasteiger partial charge in [0.1, 0.15) is 12.0 Å². The molecular formula is C12H17N3O3. The summed E-state index contributed by atoms with van der Waals surface area (Å²) in [5, 5.41) is 13.9. The highest BCUT2D eigenvalue weighted by atomic mass is 16.6. The topological polar surface area (TPSA) is 77.3 Å². The van der Waals surface area contributed by atoms with Crippen molar-refractivity contribution in [1.29, 1.82) is 0 Å². The van der Waals surface area contributed by atoms with Gasteiger partial charge in [-0.05, 0) is 25.8 Å². The van der Waals surface area contributed by atoms with Gasteiger partial charge < -0.3 is 10.1 Å². The number of anilines is 1. The Labute approximate surface area is 106 Å². The molecule has 1 aromatic heterocycles. The van der Waals surface area contributed by atoms with Gasteiger partial charge in [0, 0.05) is 24.6 Å². The molecule has 0 radical (unpaired) electrons. The molecule has 18 heavy (non-hydrogen) atoms. The maximum absolute atomic E-state index is 10.6. The van der Waals surface area contributed by atoms with Crippen LogP contribution in [0.1, 0.15) is 18.9 Å². The molecule has 1 aromatic rings. The van der Waals surface area contributed by atoms with Crippen LogP contribution in [0.2, 0.25) is 0 Å². The molecule has 1 aliphatic rings.